The van der Waals surface area contributed by atoms with Crippen molar-refractivity contribution in [3.05, 3.63) is 56.3 Å². The Hall–Kier alpha value is -1.82. The number of benzene rings is 1. The molecule has 11 heteroatoms. The number of nitrogens with one attached hydrogen (secondary N) is 1. The Bertz CT molecular complexity index is 1150. The number of nitrogens with zero attached hydrogens (tertiary/aromatic N) is 2. The maximum Gasteiger partial charge on any atom is 0.245 e. The molecular weight excluding hydrogens is 489 g/mol. The zero-order valence-corrected chi connectivity index (χ0v) is 20.4. The van der Waals surface area contributed by atoms with E-state index in [1.807, 2.05) is 13.0 Å². The molecule has 1 N–H and O–H groups in total. The van der Waals surface area contributed by atoms with Crippen LogP contribution < -0.4 is 9.62 Å². The van der Waals surface area contributed by atoms with E-state index in [0.29, 0.717) is 22.4 Å². The second kappa shape index (κ2) is 10.2. The van der Waals surface area contributed by atoms with Gasteiger partial charge in [0.2, 0.25) is 15.9 Å². The molecule has 2 aliphatic heterocycles. The van der Waals surface area contributed by atoms with Crippen molar-refractivity contribution in [1.29, 1.82) is 0 Å². The van der Waals surface area contributed by atoms with E-state index in [2.05, 4.69) is 9.62 Å². The Labute approximate surface area is 201 Å². The highest BCUT2D eigenvalue weighted by atomic mass is 35.5. The van der Waals surface area contributed by atoms with Gasteiger partial charge in [-0.05, 0) is 49.2 Å². The van der Waals surface area contributed by atoms with Gasteiger partial charge in [-0.25, -0.2) is 12.8 Å². The third-order valence-electron chi connectivity index (χ3n) is 5.86. The van der Waals surface area contributed by atoms with E-state index in [1.165, 1.54) is 28.4 Å². The first kappa shape index (κ1) is 24.3. The monoisotopic (exact) mass is 513 g/mol. The highest BCUT2D eigenvalue weighted by Gasteiger charge is 2.36. The van der Waals surface area contributed by atoms with Crippen molar-refractivity contribution in [3.63, 3.8) is 0 Å². The topological polar surface area (TPSA) is 79.0 Å². The predicted octanol–water partition coefficient (Wildman–Crippen LogP) is 3.63. The molecule has 2 unspecified atom stereocenters. The quantitative estimate of drug-likeness (QED) is 0.611. The fraction of sp³-hybridized carbons (Fsp3) is 0.409. The Morgan fingerprint density at radius 3 is 2.67 bits per heavy atom. The average Bonchev–Trinajstić information content (AvgIpc) is 3.37. The molecule has 0 bridgehead atoms. The molecule has 0 spiro atoms. The Balaban J connectivity index is 1.42. The number of hydrogen-bond donors (Lipinski definition) is 1. The highest BCUT2D eigenvalue weighted by Crippen LogP contribution is 2.30. The summed E-state index contributed by atoms with van der Waals surface area (Å²) < 4.78 is 48.1. The van der Waals surface area contributed by atoms with E-state index in [0.717, 1.165) is 24.1 Å². The highest BCUT2D eigenvalue weighted by molar-refractivity contribution is 7.92. The van der Waals surface area contributed by atoms with Gasteiger partial charge < -0.3 is 9.64 Å². The number of morpholine rings is 1. The van der Waals surface area contributed by atoms with Gasteiger partial charge in [0.05, 0.1) is 23.2 Å². The first-order chi connectivity index (χ1) is 15.7. The number of anilines is 1. The van der Waals surface area contributed by atoms with Crippen LogP contribution in [0.1, 0.15) is 29.8 Å². The van der Waals surface area contributed by atoms with Crippen LogP contribution in [0.15, 0.2) is 35.7 Å². The summed E-state index contributed by atoms with van der Waals surface area (Å²) >= 11 is 7.10. The molecule has 33 heavy (non-hydrogen) atoms. The summed E-state index contributed by atoms with van der Waals surface area (Å²) in [6.07, 6.45) is 1.67. The van der Waals surface area contributed by atoms with Gasteiger partial charge in [0, 0.05) is 36.0 Å². The lowest BCUT2D eigenvalue weighted by molar-refractivity contribution is -0.118. The van der Waals surface area contributed by atoms with Gasteiger partial charge >= 0.3 is 0 Å². The van der Waals surface area contributed by atoms with Crippen LogP contribution in [0.4, 0.5) is 10.1 Å². The van der Waals surface area contributed by atoms with Crippen LogP contribution in [-0.2, 0) is 19.6 Å². The van der Waals surface area contributed by atoms with E-state index in [9.17, 15) is 17.6 Å². The van der Waals surface area contributed by atoms with Crippen LogP contribution >= 0.6 is 22.9 Å². The lowest BCUT2D eigenvalue weighted by Crippen LogP contribution is -2.41. The number of hydrogen-bond acceptors (Lipinski definition) is 6. The number of rotatable bonds is 7. The molecule has 0 aliphatic carbocycles. The number of carbonyl (C=O) groups is 1. The molecule has 1 aromatic carbocycles. The molecule has 7 nitrogen and oxygen atoms in total. The van der Waals surface area contributed by atoms with Gasteiger partial charge in [-0.3, -0.25) is 9.69 Å². The molecule has 178 valence electrons. The maximum atomic E-state index is 15.0. The minimum Gasteiger partial charge on any atom is -0.379 e. The van der Waals surface area contributed by atoms with Gasteiger partial charge in [-0.1, -0.05) is 17.7 Å². The molecule has 3 heterocycles. The van der Waals surface area contributed by atoms with Gasteiger partial charge in [0.25, 0.3) is 0 Å². The summed E-state index contributed by atoms with van der Waals surface area (Å²) in [6, 6.07) is 7.32. The molecule has 0 saturated carbocycles. The van der Waals surface area contributed by atoms with E-state index in [4.69, 9.17) is 16.3 Å². The fourth-order valence-electron chi connectivity index (χ4n) is 4.02. The SMILES string of the molecule is CC(c1ccc(N2CCC(NS(=O)(=O)/C=C/c3ccc(Cl)s3)C2=O)c(F)c1)N1CCOCC1. The van der Waals surface area contributed by atoms with Crippen LogP contribution in [0.2, 0.25) is 4.34 Å². The van der Waals surface area contributed by atoms with Crippen molar-refractivity contribution in [3.8, 4) is 0 Å². The molecule has 2 aliphatic rings. The first-order valence-electron chi connectivity index (χ1n) is 10.6. The summed E-state index contributed by atoms with van der Waals surface area (Å²) in [4.78, 5) is 17.1. The number of sulfonamides is 1. The largest absolute Gasteiger partial charge is 0.379 e. The van der Waals surface area contributed by atoms with Gasteiger partial charge in [-0.15, -0.1) is 11.3 Å². The Kier molecular flexibility index (Phi) is 7.52. The van der Waals surface area contributed by atoms with E-state index in [-0.39, 0.29) is 24.7 Å². The van der Waals surface area contributed by atoms with Crippen molar-refractivity contribution in [2.24, 2.45) is 0 Å². The van der Waals surface area contributed by atoms with Crippen molar-refractivity contribution >= 4 is 50.6 Å². The molecule has 2 atom stereocenters. The summed E-state index contributed by atoms with van der Waals surface area (Å²) in [7, 11) is -3.86. The molecule has 1 amide bonds. The average molecular weight is 514 g/mol. The third kappa shape index (κ3) is 5.82. The lowest BCUT2D eigenvalue weighted by atomic mass is 10.1. The minimum atomic E-state index is -3.86. The maximum absolute atomic E-state index is 15.0. The standard InChI is InChI=1S/C22H25ClFN3O4S2/c1-15(26-9-11-31-12-10-26)16-2-4-20(18(24)14-16)27-8-6-19(22(27)28)25-33(29,30)13-7-17-3-5-21(23)32-17/h2-5,7,13-15,19,25H,6,8-12H2,1H3/b13-7+. The molecule has 1 aromatic heterocycles. The van der Waals surface area contributed by atoms with Gasteiger partial charge in [-0.2, -0.15) is 4.72 Å². The Morgan fingerprint density at radius 2 is 2.00 bits per heavy atom. The first-order valence-corrected chi connectivity index (χ1v) is 13.4. The van der Waals surface area contributed by atoms with Crippen molar-refractivity contribution in [1.82, 2.24) is 9.62 Å². The zero-order chi connectivity index (χ0) is 23.6. The molecular formula is C22H25ClFN3O4S2. The Morgan fingerprint density at radius 1 is 1.24 bits per heavy atom. The summed E-state index contributed by atoms with van der Waals surface area (Å²) in [6.45, 7) is 5.12. The van der Waals surface area contributed by atoms with Crippen LogP contribution in [0, 0.1) is 5.82 Å². The van der Waals surface area contributed by atoms with Crippen LogP contribution in [0.5, 0.6) is 0 Å². The number of amides is 1. The predicted molar refractivity (Wildman–Crippen MR) is 128 cm³/mol. The van der Waals surface area contributed by atoms with Crippen molar-refractivity contribution in [2.75, 3.05) is 37.7 Å². The smallest absolute Gasteiger partial charge is 0.245 e. The second-order valence-electron chi connectivity index (χ2n) is 7.97. The lowest BCUT2D eigenvalue weighted by Gasteiger charge is -2.32. The minimum absolute atomic E-state index is 0.0244. The molecule has 2 saturated heterocycles. The van der Waals surface area contributed by atoms with Crippen molar-refractivity contribution in [2.45, 2.75) is 25.4 Å². The zero-order valence-electron chi connectivity index (χ0n) is 18.0. The fourth-order valence-corrected chi connectivity index (χ4v) is 6.09. The molecule has 2 aromatic rings. The number of ether oxygens (including phenoxy) is 1. The molecule has 4 rings (SSSR count). The molecule has 2 fully saturated rings. The van der Waals surface area contributed by atoms with Gasteiger partial charge in [0.15, 0.2) is 0 Å². The van der Waals surface area contributed by atoms with Crippen LogP contribution in [-0.4, -0.2) is 58.1 Å². The van der Waals surface area contributed by atoms with E-state index >= 15 is 0 Å². The summed E-state index contributed by atoms with van der Waals surface area (Å²) in [5.41, 5.74) is 0.976. The van der Waals surface area contributed by atoms with Gasteiger partial charge in [0.1, 0.15) is 11.9 Å². The number of halogens is 2. The normalized spacial score (nSPS) is 21.2. The molecule has 0 radical (unpaired) electrons. The number of thiophene rings is 1. The summed E-state index contributed by atoms with van der Waals surface area (Å²) in [5.74, 6) is -0.974. The van der Waals surface area contributed by atoms with Crippen molar-refractivity contribution < 1.29 is 22.3 Å². The summed E-state index contributed by atoms with van der Waals surface area (Å²) in [5, 5.41) is 1.01. The third-order valence-corrected chi connectivity index (χ3v) is 8.16. The van der Waals surface area contributed by atoms with Crippen LogP contribution in [0.25, 0.3) is 6.08 Å². The van der Waals surface area contributed by atoms with Crippen LogP contribution in [0.3, 0.4) is 0 Å². The number of carbonyl (C=O) groups excluding carboxylic acids is 1. The second-order valence-corrected chi connectivity index (χ2v) is 11.3. The van der Waals surface area contributed by atoms with E-state index < -0.39 is 27.8 Å². The van der Waals surface area contributed by atoms with E-state index in [1.54, 1.807) is 18.2 Å².